The maximum absolute atomic E-state index is 11.3. The molecule has 0 heterocycles. The molecule has 0 atom stereocenters. The van der Waals surface area contributed by atoms with Gasteiger partial charge in [-0.3, -0.25) is 4.79 Å². The quantitative estimate of drug-likeness (QED) is 0.636. The van der Waals surface area contributed by atoms with E-state index in [4.69, 9.17) is 0 Å². The molecular formula is C12H12O. The topological polar surface area (TPSA) is 17.1 Å². The molecule has 0 fully saturated rings. The number of benzene rings is 1. The lowest BCUT2D eigenvalue weighted by atomic mass is 10.00. The molecule has 0 aliphatic heterocycles. The molecule has 0 bridgehead atoms. The first kappa shape index (κ1) is 8.24. The van der Waals surface area contributed by atoms with Crippen molar-refractivity contribution in [3.05, 3.63) is 41.0 Å². The van der Waals surface area contributed by atoms with E-state index in [0.717, 1.165) is 17.6 Å². The first-order valence-electron chi connectivity index (χ1n) is 4.50. The fraction of sp³-hybridized carbons (Fsp3) is 0.250. The van der Waals surface area contributed by atoms with Crippen molar-refractivity contribution in [2.45, 2.75) is 20.3 Å². The van der Waals surface area contributed by atoms with E-state index in [-0.39, 0.29) is 5.78 Å². The van der Waals surface area contributed by atoms with Gasteiger partial charge in [0.2, 0.25) is 0 Å². The lowest BCUT2D eigenvalue weighted by Gasteiger charge is -2.04. The van der Waals surface area contributed by atoms with Crippen LogP contribution in [0.1, 0.15) is 23.6 Å². The van der Waals surface area contributed by atoms with Gasteiger partial charge in [0.15, 0.2) is 5.78 Å². The van der Waals surface area contributed by atoms with Crippen molar-refractivity contribution in [1.29, 1.82) is 0 Å². The molecular weight excluding hydrogens is 160 g/mol. The second-order valence-electron chi connectivity index (χ2n) is 3.48. The standard InChI is InChI=1S/C12H12O/c1-8-4-3-5-12-10(8)6-7-11(12)9(2)13/h3-5,7H,6H2,1-2H3. The third kappa shape index (κ3) is 1.21. The summed E-state index contributed by atoms with van der Waals surface area (Å²) in [4.78, 5) is 11.3. The Bertz CT molecular complexity index is 400. The van der Waals surface area contributed by atoms with E-state index in [2.05, 4.69) is 13.0 Å². The Hall–Kier alpha value is -1.37. The average molecular weight is 172 g/mol. The van der Waals surface area contributed by atoms with Gasteiger partial charge in [-0.05, 0) is 37.0 Å². The van der Waals surface area contributed by atoms with Gasteiger partial charge < -0.3 is 0 Å². The highest BCUT2D eigenvalue weighted by Crippen LogP contribution is 2.29. The molecule has 0 unspecified atom stereocenters. The number of fused-ring (bicyclic) bond motifs is 1. The number of aryl methyl sites for hydroxylation is 1. The first-order valence-corrected chi connectivity index (χ1v) is 4.50. The largest absolute Gasteiger partial charge is 0.295 e. The SMILES string of the molecule is CC(=O)C1=CCc2c(C)cccc21. The van der Waals surface area contributed by atoms with Crippen molar-refractivity contribution in [2.24, 2.45) is 0 Å². The lowest BCUT2D eigenvalue weighted by molar-refractivity contribution is -0.111. The zero-order valence-electron chi connectivity index (χ0n) is 7.92. The van der Waals surface area contributed by atoms with Crippen molar-refractivity contribution in [3.8, 4) is 0 Å². The third-order valence-corrected chi connectivity index (χ3v) is 2.59. The summed E-state index contributed by atoms with van der Waals surface area (Å²) in [6.07, 6.45) is 2.94. The van der Waals surface area contributed by atoms with Crippen molar-refractivity contribution >= 4 is 11.4 Å². The van der Waals surface area contributed by atoms with Crippen LogP contribution in [0.15, 0.2) is 24.3 Å². The third-order valence-electron chi connectivity index (χ3n) is 2.59. The second kappa shape index (κ2) is 2.84. The van der Waals surface area contributed by atoms with E-state index in [1.807, 2.05) is 18.2 Å². The Balaban J connectivity index is 2.56. The van der Waals surface area contributed by atoms with Gasteiger partial charge in [0.05, 0.1) is 0 Å². The summed E-state index contributed by atoms with van der Waals surface area (Å²) in [5.74, 6) is 0.171. The fourth-order valence-electron chi connectivity index (χ4n) is 1.87. The summed E-state index contributed by atoms with van der Waals surface area (Å²) in [6, 6.07) is 6.13. The van der Waals surface area contributed by atoms with Gasteiger partial charge in [-0.1, -0.05) is 24.3 Å². The summed E-state index contributed by atoms with van der Waals surface area (Å²) < 4.78 is 0. The molecule has 66 valence electrons. The summed E-state index contributed by atoms with van der Waals surface area (Å²) >= 11 is 0. The van der Waals surface area contributed by atoms with Crippen molar-refractivity contribution in [2.75, 3.05) is 0 Å². The Labute approximate surface area is 78.1 Å². The summed E-state index contributed by atoms with van der Waals surface area (Å²) in [6.45, 7) is 3.72. The van der Waals surface area contributed by atoms with Gasteiger partial charge in [-0.15, -0.1) is 0 Å². The number of ketones is 1. The minimum Gasteiger partial charge on any atom is -0.295 e. The second-order valence-corrected chi connectivity index (χ2v) is 3.48. The van der Waals surface area contributed by atoms with E-state index < -0.39 is 0 Å². The van der Waals surface area contributed by atoms with Gasteiger partial charge >= 0.3 is 0 Å². The Morgan fingerprint density at radius 2 is 2.15 bits per heavy atom. The fourth-order valence-corrected chi connectivity index (χ4v) is 1.87. The molecule has 1 nitrogen and oxygen atoms in total. The molecule has 1 aromatic carbocycles. The highest BCUT2D eigenvalue weighted by Gasteiger charge is 2.17. The van der Waals surface area contributed by atoms with Gasteiger partial charge in [-0.25, -0.2) is 0 Å². The van der Waals surface area contributed by atoms with Crippen molar-refractivity contribution in [1.82, 2.24) is 0 Å². The Morgan fingerprint density at radius 3 is 2.85 bits per heavy atom. The highest BCUT2D eigenvalue weighted by atomic mass is 16.1. The number of hydrogen-bond acceptors (Lipinski definition) is 1. The Morgan fingerprint density at radius 1 is 1.38 bits per heavy atom. The molecule has 1 aliphatic carbocycles. The zero-order valence-corrected chi connectivity index (χ0v) is 7.92. The Kier molecular flexibility index (Phi) is 1.80. The van der Waals surface area contributed by atoms with Gasteiger partial charge in [0.25, 0.3) is 0 Å². The van der Waals surface area contributed by atoms with E-state index in [1.54, 1.807) is 6.92 Å². The molecule has 0 spiro atoms. The molecule has 0 saturated heterocycles. The summed E-state index contributed by atoms with van der Waals surface area (Å²) in [5.41, 5.74) is 4.61. The van der Waals surface area contributed by atoms with Crippen LogP contribution in [0, 0.1) is 6.92 Å². The van der Waals surface area contributed by atoms with Crippen LogP contribution in [0.5, 0.6) is 0 Å². The maximum Gasteiger partial charge on any atom is 0.160 e. The summed E-state index contributed by atoms with van der Waals surface area (Å²) in [7, 11) is 0. The molecule has 0 amide bonds. The number of Topliss-reactive ketones (excluding diaryl/α,β-unsaturated/α-hetero) is 1. The van der Waals surface area contributed by atoms with Crippen LogP contribution >= 0.6 is 0 Å². The van der Waals surface area contributed by atoms with Crippen LogP contribution in [-0.4, -0.2) is 5.78 Å². The highest BCUT2D eigenvalue weighted by molar-refractivity contribution is 6.21. The van der Waals surface area contributed by atoms with Crippen molar-refractivity contribution < 1.29 is 4.79 Å². The molecule has 1 aromatic rings. The lowest BCUT2D eigenvalue weighted by Crippen LogP contribution is -1.94. The zero-order chi connectivity index (χ0) is 9.42. The number of carbonyl (C=O) groups is 1. The van der Waals surface area contributed by atoms with E-state index in [9.17, 15) is 4.79 Å². The first-order chi connectivity index (χ1) is 6.20. The van der Waals surface area contributed by atoms with E-state index in [1.165, 1.54) is 11.1 Å². The van der Waals surface area contributed by atoms with Crippen LogP contribution in [0.2, 0.25) is 0 Å². The van der Waals surface area contributed by atoms with Gasteiger partial charge in [-0.2, -0.15) is 0 Å². The average Bonchev–Trinajstić information content (AvgIpc) is 2.48. The molecule has 13 heavy (non-hydrogen) atoms. The van der Waals surface area contributed by atoms with Crippen LogP contribution in [0.25, 0.3) is 5.57 Å². The van der Waals surface area contributed by atoms with Gasteiger partial charge in [0.1, 0.15) is 0 Å². The number of carbonyl (C=O) groups excluding carboxylic acids is 1. The van der Waals surface area contributed by atoms with Crippen LogP contribution < -0.4 is 0 Å². The monoisotopic (exact) mass is 172 g/mol. The van der Waals surface area contributed by atoms with Crippen LogP contribution in [0.4, 0.5) is 0 Å². The summed E-state index contributed by atoms with van der Waals surface area (Å²) in [5, 5.41) is 0. The molecule has 1 aliphatic rings. The minimum absolute atomic E-state index is 0.171. The molecule has 2 rings (SSSR count). The predicted molar refractivity (Wildman–Crippen MR) is 53.5 cm³/mol. The number of rotatable bonds is 1. The molecule has 0 N–H and O–H groups in total. The van der Waals surface area contributed by atoms with E-state index in [0.29, 0.717) is 0 Å². The number of allylic oxidation sites excluding steroid dienone is 2. The smallest absolute Gasteiger partial charge is 0.160 e. The van der Waals surface area contributed by atoms with Crippen molar-refractivity contribution in [3.63, 3.8) is 0 Å². The van der Waals surface area contributed by atoms with Gasteiger partial charge in [0, 0.05) is 5.57 Å². The predicted octanol–water partition coefficient (Wildman–Crippen LogP) is 2.52. The molecule has 0 radical (unpaired) electrons. The minimum atomic E-state index is 0.171. The number of hydrogen-bond donors (Lipinski definition) is 0. The van der Waals surface area contributed by atoms with Crippen LogP contribution in [0.3, 0.4) is 0 Å². The molecule has 1 heteroatoms. The molecule has 0 aromatic heterocycles. The van der Waals surface area contributed by atoms with Crippen LogP contribution in [-0.2, 0) is 11.2 Å². The molecule has 0 saturated carbocycles. The normalized spacial score (nSPS) is 13.8. The van der Waals surface area contributed by atoms with E-state index >= 15 is 0 Å². The maximum atomic E-state index is 11.3.